The summed E-state index contributed by atoms with van der Waals surface area (Å²) in [5.74, 6) is -1.47. The Hall–Kier alpha value is -4.13. The number of hydrogen-bond donors (Lipinski definition) is 0. The Labute approximate surface area is 172 Å². The Bertz CT molecular complexity index is 970. The van der Waals surface area contributed by atoms with Crippen LogP contribution in [0.15, 0.2) is 42.5 Å². The number of hydrogen-bond acceptors (Lipinski definition) is 8. The number of carbonyl (C=O) groups excluding carboxylic acids is 2. The van der Waals surface area contributed by atoms with Gasteiger partial charge in [0.15, 0.2) is 18.1 Å². The van der Waals surface area contributed by atoms with Gasteiger partial charge in [-0.15, -0.1) is 0 Å². The van der Waals surface area contributed by atoms with E-state index in [4.69, 9.17) is 19.5 Å². The Balaban J connectivity index is 2.22. The maximum absolute atomic E-state index is 12.6. The molecule has 0 bridgehead atoms. The molecule has 0 aliphatic heterocycles. The molecule has 1 amide bonds. The second kappa shape index (κ2) is 10.4. The molecule has 0 aliphatic rings. The van der Waals surface area contributed by atoms with E-state index >= 15 is 0 Å². The molecule has 0 unspecified atom stereocenters. The molecular weight excluding hydrogens is 394 g/mol. The fraction of sp³-hybridized carbons (Fsp3) is 0.250. The predicted molar refractivity (Wildman–Crippen MR) is 106 cm³/mol. The third kappa shape index (κ3) is 5.23. The molecule has 0 saturated heterocycles. The van der Waals surface area contributed by atoms with Crippen molar-refractivity contribution in [3.63, 3.8) is 0 Å². The summed E-state index contributed by atoms with van der Waals surface area (Å²) in [6.45, 7) is -0.557. The number of ether oxygens (including phenoxy) is 3. The number of rotatable bonds is 9. The average molecular weight is 413 g/mol. The van der Waals surface area contributed by atoms with Crippen molar-refractivity contribution in [3.8, 4) is 17.6 Å². The largest absolute Gasteiger partial charge is 0.493 e. The molecule has 2 rings (SSSR count). The summed E-state index contributed by atoms with van der Waals surface area (Å²) < 4.78 is 15.1. The first-order valence-electron chi connectivity index (χ1n) is 8.72. The van der Waals surface area contributed by atoms with Crippen molar-refractivity contribution in [1.29, 1.82) is 5.26 Å². The van der Waals surface area contributed by atoms with Crippen LogP contribution in [0.25, 0.3) is 0 Å². The van der Waals surface area contributed by atoms with Crippen LogP contribution in [0.3, 0.4) is 0 Å². The number of nitro benzene ring substituents is 1. The van der Waals surface area contributed by atoms with Gasteiger partial charge in [0.2, 0.25) is 0 Å². The smallest absolute Gasteiger partial charge is 0.345 e. The Morgan fingerprint density at radius 1 is 1.13 bits per heavy atom. The van der Waals surface area contributed by atoms with Crippen molar-refractivity contribution >= 4 is 23.3 Å². The van der Waals surface area contributed by atoms with Crippen molar-refractivity contribution in [2.45, 2.75) is 6.42 Å². The van der Waals surface area contributed by atoms with Gasteiger partial charge in [-0.25, -0.2) is 4.79 Å². The van der Waals surface area contributed by atoms with Gasteiger partial charge >= 0.3 is 5.97 Å². The molecule has 10 heteroatoms. The second-order valence-electron chi connectivity index (χ2n) is 5.85. The van der Waals surface area contributed by atoms with Crippen molar-refractivity contribution in [1.82, 2.24) is 0 Å². The maximum atomic E-state index is 12.6. The van der Waals surface area contributed by atoms with Gasteiger partial charge in [-0.2, -0.15) is 5.26 Å². The number of amides is 1. The highest BCUT2D eigenvalue weighted by Crippen LogP contribution is 2.34. The Morgan fingerprint density at radius 2 is 1.77 bits per heavy atom. The average Bonchev–Trinajstić information content (AvgIpc) is 2.77. The second-order valence-corrected chi connectivity index (χ2v) is 5.85. The van der Waals surface area contributed by atoms with E-state index in [9.17, 15) is 19.7 Å². The van der Waals surface area contributed by atoms with Crippen molar-refractivity contribution in [2.24, 2.45) is 0 Å². The van der Waals surface area contributed by atoms with Crippen LogP contribution in [0.1, 0.15) is 16.8 Å². The third-order valence-corrected chi connectivity index (χ3v) is 4.06. The molecule has 0 atom stereocenters. The van der Waals surface area contributed by atoms with Crippen LogP contribution in [-0.2, 0) is 9.53 Å². The number of methoxy groups -OCH3 is 2. The summed E-state index contributed by atoms with van der Waals surface area (Å²) in [5.41, 5.74) is -0.394. The van der Waals surface area contributed by atoms with Gasteiger partial charge in [0, 0.05) is 18.3 Å². The number of nitriles is 1. The van der Waals surface area contributed by atoms with Crippen LogP contribution in [0.2, 0.25) is 0 Å². The van der Waals surface area contributed by atoms with Gasteiger partial charge in [-0.3, -0.25) is 14.9 Å². The molecule has 0 N–H and O–H groups in total. The molecule has 0 spiro atoms. The topological polar surface area (TPSA) is 132 Å². The van der Waals surface area contributed by atoms with Crippen LogP contribution in [-0.4, -0.2) is 44.2 Å². The van der Waals surface area contributed by atoms with Crippen molar-refractivity contribution in [2.75, 3.05) is 32.3 Å². The zero-order valence-electron chi connectivity index (χ0n) is 16.4. The molecule has 0 aliphatic carbocycles. The zero-order valence-corrected chi connectivity index (χ0v) is 16.4. The van der Waals surface area contributed by atoms with E-state index < -0.39 is 29.1 Å². The molecule has 10 nitrogen and oxygen atoms in total. The SMILES string of the molecule is COc1cc(C(=O)OCC(=O)N(CCC#N)c2ccccc2)c([N+](=O)[O-])cc1OC. The molecule has 0 radical (unpaired) electrons. The first kappa shape index (κ1) is 22.2. The number of esters is 1. The number of nitrogens with zero attached hydrogens (tertiary/aromatic N) is 3. The summed E-state index contributed by atoms with van der Waals surface area (Å²) in [6, 6.07) is 12.7. The monoisotopic (exact) mass is 413 g/mol. The molecule has 0 saturated carbocycles. The number of carbonyl (C=O) groups is 2. The zero-order chi connectivity index (χ0) is 22.1. The van der Waals surface area contributed by atoms with Crippen LogP contribution >= 0.6 is 0 Å². The molecule has 30 heavy (non-hydrogen) atoms. The van der Waals surface area contributed by atoms with Crippen LogP contribution in [0, 0.1) is 21.4 Å². The highest BCUT2D eigenvalue weighted by atomic mass is 16.6. The van der Waals surface area contributed by atoms with E-state index in [1.807, 2.05) is 6.07 Å². The highest BCUT2D eigenvalue weighted by Gasteiger charge is 2.27. The lowest BCUT2D eigenvalue weighted by Crippen LogP contribution is -2.35. The van der Waals surface area contributed by atoms with Gasteiger partial charge in [-0.05, 0) is 12.1 Å². The van der Waals surface area contributed by atoms with E-state index in [-0.39, 0.29) is 30.0 Å². The molecule has 0 heterocycles. The van der Waals surface area contributed by atoms with Gasteiger partial charge in [0.1, 0.15) is 5.56 Å². The van der Waals surface area contributed by atoms with Crippen LogP contribution in [0.5, 0.6) is 11.5 Å². The van der Waals surface area contributed by atoms with Crippen molar-refractivity contribution in [3.05, 3.63) is 58.1 Å². The van der Waals surface area contributed by atoms with E-state index in [1.54, 1.807) is 30.3 Å². The van der Waals surface area contributed by atoms with Gasteiger partial charge < -0.3 is 19.1 Å². The fourth-order valence-corrected chi connectivity index (χ4v) is 2.63. The molecule has 156 valence electrons. The highest BCUT2D eigenvalue weighted by molar-refractivity contribution is 5.99. The summed E-state index contributed by atoms with van der Waals surface area (Å²) in [6.07, 6.45) is 0.0791. The van der Waals surface area contributed by atoms with Gasteiger partial charge in [0.05, 0.1) is 37.7 Å². The number of benzene rings is 2. The first-order chi connectivity index (χ1) is 14.4. The van der Waals surface area contributed by atoms with Gasteiger partial charge in [0.25, 0.3) is 11.6 Å². The molecule has 0 fully saturated rings. The quantitative estimate of drug-likeness (QED) is 0.348. The van der Waals surface area contributed by atoms with Crippen LogP contribution in [0.4, 0.5) is 11.4 Å². The molecule has 2 aromatic rings. The van der Waals surface area contributed by atoms with E-state index in [0.29, 0.717) is 5.69 Å². The summed E-state index contributed by atoms with van der Waals surface area (Å²) >= 11 is 0. The summed E-state index contributed by atoms with van der Waals surface area (Å²) in [4.78, 5) is 36.9. The van der Waals surface area contributed by atoms with Crippen molar-refractivity contribution < 1.29 is 28.7 Å². The normalized spacial score (nSPS) is 9.90. The minimum absolute atomic E-state index is 0.0728. The molecule has 2 aromatic carbocycles. The maximum Gasteiger partial charge on any atom is 0.345 e. The first-order valence-corrected chi connectivity index (χ1v) is 8.72. The standard InChI is InChI=1S/C20H19N3O7/c1-28-17-11-15(16(23(26)27)12-18(17)29-2)20(25)30-13-19(24)22(10-6-9-21)14-7-4-3-5-8-14/h3-5,7-8,11-12H,6,10,13H2,1-2H3. The number of anilines is 1. The molecule has 0 aromatic heterocycles. The number of para-hydroxylation sites is 1. The predicted octanol–water partition coefficient (Wildman–Crippen LogP) is 2.72. The summed E-state index contributed by atoms with van der Waals surface area (Å²) in [7, 11) is 2.62. The Kier molecular flexibility index (Phi) is 7.70. The van der Waals surface area contributed by atoms with E-state index in [2.05, 4.69) is 0 Å². The van der Waals surface area contributed by atoms with E-state index in [0.717, 1.165) is 12.1 Å². The van der Waals surface area contributed by atoms with Gasteiger partial charge in [-0.1, -0.05) is 18.2 Å². The fourth-order valence-electron chi connectivity index (χ4n) is 2.63. The molecular formula is C20H19N3O7. The lowest BCUT2D eigenvalue weighted by atomic mass is 10.1. The summed E-state index contributed by atoms with van der Waals surface area (Å²) in [5, 5.41) is 20.2. The lowest BCUT2D eigenvalue weighted by Gasteiger charge is -2.21. The third-order valence-electron chi connectivity index (χ3n) is 4.06. The number of nitro groups is 1. The minimum atomic E-state index is -1.07. The van der Waals surface area contributed by atoms with Crippen LogP contribution < -0.4 is 14.4 Å². The van der Waals surface area contributed by atoms with E-state index in [1.165, 1.54) is 19.1 Å². The lowest BCUT2D eigenvalue weighted by molar-refractivity contribution is -0.385. The minimum Gasteiger partial charge on any atom is -0.493 e. The Morgan fingerprint density at radius 3 is 2.33 bits per heavy atom.